The summed E-state index contributed by atoms with van der Waals surface area (Å²) in [6.07, 6.45) is 4.23. The summed E-state index contributed by atoms with van der Waals surface area (Å²) in [6, 6.07) is 11.4. The summed E-state index contributed by atoms with van der Waals surface area (Å²) in [5.74, 6) is 0.620. The van der Waals surface area contributed by atoms with Crippen molar-refractivity contribution in [3.8, 4) is 5.82 Å². The lowest BCUT2D eigenvalue weighted by atomic mass is 9.92. The van der Waals surface area contributed by atoms with Gasteiger partial charge in [-0.1, -0.05) is 35.3 Å². The number of H-pyrrole nitrogens is 1. The molecule has 0 spiro atoms. The SMILES string of the molecule is CN(Cc1ccc(Cl)cc1Cl)C1CCc2[nH]n(-c3ccccn3)c(=O)c2C1.Cl. The minimum Gasteiger partial charge on any atom is -0.299 e. The van der Waals surface area contributed by atoms with Crippen molar-refractivity contribution in [3.63, 3.8) is 0 Å². The molecule has 148 valence electrons. The van der Waals surface area contributed by atoms with Gasteiger partial charge in [0.15, 0.2) is 5.82 Å². The van der Waals surface area contributed by atoms with Crippen molar-refractivity contribution in [2.75, 3.05) is 7.05 Å². The normalized spacial score (nSPS) is 15.9. The number of hydrogen-bond acceptors (Lipinski definition) is 3. The Hall–Kier alpha value is -1.79. The number of rotatable bonds is 4. The number of benzene rings is 1. The predicted octanol–water partition coefficient (Wildman–Crippen LogP) is 4.28. The molecule has 0 amide bonds. The van der Waals surface area contributed by atoms with E-state index in [9.17, 15) is 4.79 Å². The second kappa shape index (κ2) is 8.70. The van der Waals surface area contributed by atoms with Gasteiger partial charge in [-0.15, -0.1) is 12.4 Å². The fourth-order valence-corrected chi connectivity index (χ4v) is 4.12. The number of aryl methyl sites for hydroxylation is 1. The summed E-state index contributed by atoms with van der Waals surface area (Å²) < 4.78 is 1.54. The fourth-order valence-electron chi connectivity index (χ4n) is 3.65. The van der Waals surface area contributed by atoms with Gasteiger partial charge in [-0.2, -0.15) is 0 Å². The monoisotopic (exact) mass is 438 g/mol. The van der Waals surface area contributed by atoms with E-state index >= 15 is 0 Å². The Balaban J connectivity index is 0.00000225. The molecule has 5 nitrogen and oxygen atoms in total. The molecular formula is C20H21Cl3N4O. The third-order valence-corrected chi connectivity index (χ3v) is 5.76. The Bertz CT molecular complexity index is 1020. The number of nitrogens with zero attached hydrogens (tertiary/aromatic N) is 3. The van der Waals surface area contributed by atoms with Crippen molar-refractivity contribution >= 4 is 35.6 Å². The van der Waals surface area contributed by atoms with Crippen LogP contribution in [0.2, 0.25) is 10.0 Å². The van der Waals surface area contributed by atoms with E-state index < -0.39 is 0 Å². The molecule has 0 saturated heterocycles. The maximum Gasteiger partial charge on any atom is 0.276 e. The van der Waals surface area contributed by atoms with E-state index in [-0.39, 0.29) is 24.0 Å². The zero-order chi connectivity index (χ0) is 19.0. The summed E-state index contributed by atoms with van der Waals surface area (Å²) in [5, 5.41) is 4.54. The van der Waals surface area contributed by atoms with Gasteiger partial charge < -0.3 is 0 Å². The molecule has 3 aromatic rings. The Morgan fingerprint density at radius 2 is 2.11 bits per heavy atom. The first-order chi connectivity index (χ1) is 13.0. The molecule has 2 aromatic heterocycles. The van der Waals surface area contributed by atoms with E-state index in [0.29, 0.717) is 22.3 Å². The van der Waals surface area contributed by atoms with Crippen LogP contribution < -0.4 is 5.56 Å². The molecule has 8 heteroatoms. The number of aromatic nitrogens is 3. The van der Waals surface area contributed by atoms with Gasteiger partial charge >= 0.3 is 0 Å². The molecule has 1 atom stereocenters. The predicted molar refractivity (Wildman–Crippen MR) is 115 cm³/mol. The van der Waals surface area contributed by atoms with Crippen LogP contribution in [0.5, 0.6) is 0 Å². The van der Waals surface area contributed by atoms with Crippen LogP contribution >= 0.6 is 35.6 Å². The zero-order valence-electron chi connectivity index (χ0n) is 15.4. The van der Waals surface area contributed by atoms with Gasteiger partial charge in [0.2, 0.25) is 0 Å². The van der Waals surface area contributed by atoms with E-state index in [1.54, 1.807) is 16.9 Å². The second-order valence-corrected chi connectivity index (χ2v) is 7.79. The summed E-state index contributed by atoms with van der Waals surface area (Å²) in [5.41, 5.74) is 2.89. The van der Waals surface area contributed by atoms with Crippen molar-refractivity contribution in [1.82, 2.24) is 19.7 Å². The quantitative estimate of drug-likeness (QED) is 0.660. The lowest BCUT2D eigenvalue weighted by Crippen LogP contribution is -2.37. The molecule has 1 aliphatic rings. The zero-order valence-corrected chi connectivity index (χ0v) is 17.7. The minimum atomic E-state index is -0.00803. The first-order valence-corrected chi connectivity index (χ1v) is 9.67. The maximum atomic E-state index is 12.9. The molecule has 0 radical (unpaired) electrons. The van der Waals surface area contributed by atoms with Crippen LogP contribution in [0.25, 0.3) is 5.82 Å². The van der Waals surface area contributed by atoms with Crippen molar-refractivity contribution in [2.45, 2.75) is 31.8 Å². The molecule has 28 heavy (non-hydrogen) atoms. The smallest absolute Gasteiger partial charge is 0.276 e. The van der Waals surface area contributed by atoms with Crippen molar-refractivity contribution < 1.29 is 0 Å². The molecule has 1 aromatic carbocycles. The molecule has 0 aliphatic heterocycles. The summed E-state index contributed by atoms with van der Waals surface area (Å²) in [4.78, 5) is 19.4. The van der Waals surface area contributed by atoms with Crippen LogP contribution in [0.4, 0.5) is 0 Å². The summed E-state index contributed by atoms with van der Waals surface area (Å²) >= 11 is 12.3. The van der Waals surface area contributed by atoms with E-state index in [1.807, 2.05) is 30.3 Å². The summed E-state index contributed by atoms with van der Waals surface area (Å²) in [7, 11) is 2.07. The second-order valence-electron chi connectivity index (χ2n) is 6.94. The molecule has 0 saturated carbocycles. The van der Waals surface area contributed by atoms with Crippen molar-refractivity contribution in [3.05, 3.63) is 79.8 Å². The largest absolute Gasteiger partial charge is 0.299 e. The van der Waals surface area contributed by atoms with Gasteiger partial charge in [0.1, 0.15) is 0 Å². The maximum absolute atomic E-state index is 12.9. The van der Waals surface area contributed by atoms with Crippen LogP contribution in [0, 0.1) is 0 Å². The average Bonchev–Trinajstić information content (AvgIpc) is 3.01. The van der Waals surface area contributed by atoms with Crippen LogP contribution in [0.3, 0.4) is 0 Å². The standard InChI is InChI=1S/C20H20Cl2N4O.ClH/c1-25(12-13-5-6-14(21)10-17(13)22)15-7-8-18-16(11-15)20(27)26(24-18)19-4-2-3-9-23-19;/h2-6,9-10,15,24H,7-8,11-12H2,1H3;1H. The number of hydrogen-bond donors (Lipinski definition) is 1. The van der Waals surface area contributed by atoms with Crippen LogP contribution in [-0.2, 0) is 19.4 Å². The van der Waals surface area contributed by atoms with E-state index in [4.69, 9.17) is 23.2 Å². The van der Waals surface area contributed by atoms with Gasteiger partial charge in [-0.05, 0) is 56.1 Å². The first kappa shape index (κ1) is 20.9. The number of pyridine rings is 1. The third kappa shape index (κ3) is 4.13. The molecule has 1 N–H and O–H groups in total. The van der Waals surface area contributed by atoms with Crippen LogP contribution in [0.15, 0.2) is 47.4 Å². The Labute approximate surface area is 179 Å². The highest BCUT2D eigenvalue weighted by molar-refractivity contribution is 6.35. The average molecular weight is 440 g/mol. The van der Waals surface area contributed by atoms with Crippen LogP contribution in [0.1, 0.15) is 23.2 Å². The Morgan fingerprint density at radius 1 is 1.29 bits per heavy atom. The van der Waals surface area contributed by atoms with Crippen LogP contribution in [-0.4, -0.2) is 32.8 Å². The van der Waals surface area contributed by atoms with E-state index in [2.05, 4.69) is 22.0 Å². The number of nitrogens with one attached hydrogen (secondary N) is 1. The molecule has 0 bridgehead atoms. The highest BCUT2D eigenvalue weighted by Gasteiger charge is 2.27. The van der Waals surface area contributed by atoms with Gasteiger partial charge in [-0.3, -0.25) is 14.8 Å². The third-order valence-electron chi connectivity index (χ3n) is 5.18. The topological polar surface area (TPSA) is 53.9 Å². The summed E-state index contributed by atoms with van der Waals surface area (Å²) in [6.45, 7) is 0.717. The molecular weight excluding hydrogens is 419 g/mol. The van der Waals surface area contributed by atoms with Gasteiger partial charge in [0.25, 0.3) is 5.56 Å². The molecule has 1 unspecified atom stereocenters. The number of likely N-dealkylation sites (N-methyl/N-ethyl adjacent to an activating group) is 1. The van der Waals surface area contributed by atoms with Gasteiger partial charge in [-0.25, -0.2) is 9.67 Å². The number of aromatic amines is 1. The first-order valence-electron chi connectivity index (χ1n) is 8.91. The minimum absolute atomic E-state index is 0. The molecule has 1 aliphatic carbocycles. The number of halogens is 3. The lowest BCUT2D eigenvalue weighted by molar-refractivity contribution is 0.213. The van der Waals surface area contributed by atoms with E-state index in [0.717, 1.165) is 36.2 Å². The van der Waals surface area contributed by atoms with E-state index in [1.165, 1.54) is 0 Å². The molecule has 2 heterocycles. The lowest BCUT2D eigenvalue weighted by Gasteiger charge is -2.31. The Kier molecular flexibility index (Phi) is 6.50. The highest BCUT2D eigenvalue weighted by Crippen LogP contribution is 2.26. The van der Waals surface area contributed by atoms with Crippen molar-refractivity contribution in [1.29, 1.82) is 0 Å². The van der Waals surface area contributed by atoms with Gasteiger partial charge in [0, 0.05) is 40.1 Å². The molecule has 0 fully saturated rings. The number of fused-ring (bicyclic) bond motifs is 1. The van der Waals surface area contributed by atoms with Gasteiger partial charge in [0.05, 0.1) is 0 Å². The highest BCUT2D eigenvalue weighted by atomic mass is 35.5. The fraction of sp³-hybridized carbons (Fsp3) is 0.300. The Morgan fingerprint density at radius 3 is 2.82 bits per heavy atom. The molecule has 4 rings (SSSR count). The van der Waals surface area contributed by atoms with Crippen molar-refractivity contribution in [2.24, 2.45) is 0 Å².